The van der Waals surface area contributed by atoms with E-state index in [2.05, 4.69) is 0 Å². The number of carbonyl (C=O) groups is 1. The van der Waals surface area contributed by atoms with Gasteiger partial charge in [-0.15, -0.1) is 0 Å². The fourth-order valence-electron chi connectivity index (χ4n) is 3.83. The van der Waals surface area contributed by atoms with Crippen LogP contribution in [0.1, 0.15) is 15.9 Å². The summed E-state index contributed by atoms with van der Waals surface area (Å²) in [5, 5.41) is 11.0. The lowest BCUT2D eigenvalue weighted by Crippen LogP contribution is -2.33. The van der Waals surface area contributed by atoms with Gasteiger partial charge >= 0.3 is 6.18 Å². The molecule has 0 unspecified atom stereocenters. The first-order valence-electron chi connectivity index (χ1n) is 9.18. The third-order valence-corrected chi connectivity index (χ3v) is 5.30. The smallest absolute Gasteiger partial charge is 0.390 e. The molecule has 0 saturated carbocycles. The maximum atomic E-state index is 13.5. The van der Waals surface area contributed by atoms with E-state index in [1.54, 1.807) is 42.5 Å². The van der Waals surface area contributed by atoms with Crippen molar-refractivity contribution >= 4 is 16.7 Å². The predicted molar refractivity (Wildman–Crippen MR) is 104 cm³/mol. The third kappa shape index (κ3) is 3.47. The summed E-state index contributed by atoms with van der Waals surface area (Å²) in [6.45, 7) is 0.361. The van der Waals surface area contributed by atoms with Crippen molar-refractivity contribution in [2.45, 2.75) is 18.3 Å². The highest BCUT2D eigenvalue weighted by Crippen LogP contribution is 2.40. The number of aliphatic hydroxyl groups is 1. The molecule has 3 aromatic rings. The summed E-state index contributed by atoms with van der Waals surface area (Å²) in [7, 11) is 0. The molecule has 29 heavy (non-hydrogen) atoms. The number of likely N-dealkylation sites (tertiary alicyclic amines) is 1. The van der Waals surface area contributed by atoms with Crippen molar-refractivity contribution in [1.82, 2.24) is 4.90 Å². The minimum Gasteiger partial charge on any atom is -0.390 e. The summed E-state index contributed by atoms with van der Waals surface area (Å²) >= 11 is 0. The van der Waals surface area contributed by atoms with E-state index in [1.807, 2.05) is 0 Å². The molecule has 4 nitrogen and oxygen atoms in total. The average Bonchev–Trinajstić information content (AvgIpc) is 3.04. The molecule has 1 saturated heterocycles. The van der Waals surface area contributed by atoms with Crippen molar-refractivity contribution in [2.24, 2.45) is 5.73 Å². The highest BCUT2D eigenvalue weighted by atomic mass is 19.4. The van der Waals surface area contributed by atoms with Gasteiger partial charge in [0.2, 0.25) is 0 Å². The van der Waals surface area contributed by atoms with Crippen LogP contribution in [0.2, 0.25) is 0 Å². The first-order chi connectivity index (χ1) is 13.8. The summed E-state index contributed by atoms with van der Waals surface area (Å²) < 4.78 is 40.6. The summed E-state index contributed by atoms with van der Waals surface area (Å²) in [6, 6.07) is 14.9. The Morgan fingerprint density at radius 3 is 2.24 bits per heavy atom. The molecule has 0 bridgehead atoms. The Bertz CT molecular complexity index is 1070. The molecule has 0 radical (unpaired) electrons. The van der Waals surface area contributed by atoms with Crippen molar-refractivity contribution in [3.8, 4) is 11.1 Å². The number of hydrogen-bond acceptors (Lipinski definition) is 3. The second-order valence-electron chi connectivity index (χ2n) is 7.19. The molecule has 0 aliphatic carbocycles. The van der Waals surface area contributed by atoms with Crippen LogP contribution in [0, 0.1) is 0 Å². The first-order valence-corrected chi connectivity index (χ1v) is 9.18. The van der Waals surface area contributed by atoms with E-state index in [1.165, 1.54) is 17.0 Å². The SMILES string of the molecule is N[C@@H]1CN(C(=O)c2ccc(-c3ccccc3C(F)(F)F)c3ccccc23)C[C@H]1O. The summed E-state index contributed by atoms with van der Waals surface area (Å²) in [5.41, 5.74) is 5.92. The Morgan fingerprint density at radius 2 is 1.59 bits per heavy atom. The van der Waals surface area contributed by atoms with Gasteiger partial charge in [-0.3, -0.25) is 4.79 Å². The zero-order valence-electron chi connectivity index (χ0n) is 15.4. The normalized spacial score (nSPS) is 19.7. The summed E-state index contributed by atoms with van der Waals surface area (Å²) in [6.07, 6.45) is -5.28. The number of rotatable bonds is 2. The van der Waals surface area contributed by atoms with Gasteiger partial charge in [-0.1, -0.05) is 48.5 Å². The molecule has 150 valence electrons. The van der Waals surface area contributed by atoms with Crippen LogP contribution in [0.5, 0.6) is 0 Å². The van der Waals surface area contributed by atoms with Gasteiger partial charge in [0, 0.05) is 24.7 Å². The Kier molecular flexibility index (Phi) is 4.80. The molecule has 7 heteroatoms. The molecule has 0 aromatic heterocycles. The van der Waals surface area contributed by atoms with E-state index in [0.29, 0.717) is 21.9 Å². The molecule has 1 aliphatic rings. The van der Waals surface area contributed by atoms with Crippen LogP contribution in [0.4, 0.5) is 13.2 Å². The number of carbonyl (C=O) groups excluding carboxylic acids is 1. The third-order valence-electron chi connectivity index (χ3n) is 5.30. The van der Waals surface area contributed by atoms with Crippen molar-refractivity contribution in [3.05, 3.63) is 71.8 Å². The largest absolute Gasteiger partial charge is 0.417 e. The number of nitrogens with two attached hydrogens (primary N) is 1. The van der Waals surface area contributed by atoms with Gasteiger partial charge in [0.1, 0.15) is 0 Å². The fraction of sp³-hybridized carbons (Fsp3) is 0.227. The van der Waals surface area contributed by atoms with Gasteiger partial charge in [0.05, 0.1) is 11.7 Å². The van der Waals surface area contributed by atoms with Crippen LogP contribution in [-0.2, 0) is 6.18 Å². The standard InChI is InChI=1S/C22H19F3N2O2/c23-22(24,25)18-8-4-3-7-16(18)15-9-10-17(14-6-2-1-5-13(14)15)21(29)27-11-19(26)20(28)12-27/h1-10,19-20,28H,11-12,26H2/t19-,20-/m1/s1. The van der Waals surface area contributed by atoms with Crippen LogP contribution >= 0.6 is 0 Å². The Hall–Kier alpha value is -2.90. The highest BCUT2D eigenvalue weighted by Gasteiger charge is 2.35. The second-order valence-corrected chi connectivity index (χ2v) is 7.19. The fourth-order valence-corrected chi connectivity index (χ4v) is 3.83. The second kappa shape index (κ2) is 7.17. The molecular formula is C22H19F3N2O2. The van der Waals surface area contributed by atoms with E-state index in [0.717, 1.165) is 6.07 Å². The van der Waals surface area contributed by atoms with Gasteiger partial charge in [0.15, 0.2) is 0 Å². The molecule has 1 heterocycles. The van der Waals surface area contributed by atoms with E-state index in [-0.39, 0.29) is 24.6 Å². The van der Waals surface area contributed by atoms with Gasteiger partial charge < -0.3 is 15.7 Å². The highest BCUT2D eigenvalue weighted by molar-refractivity contribution is 6.11. The van der Waals surface area contributed by atoms with Crippen LogP contribution in [0.3, 0.4) is 0 Å². The summed E-state index contributed by atoms with van der Waals surface area (Å²) in [5.74, 6) is -0.302. The number of nitrogens with zero attached hydrogens (tertiary/aromatic N) is 1. The van der Waals surface area contributed by atoms with Crippen LogP contribution in [0.15, 0.2) is 60.7 Å². The lowest BCUT2D eigenvalue weighted by molar-refractivity contribution is -0.137. The number of amides is 1. The van der Waals surface area contributed by atoms with Crippen molar-refractivity contribution in [2.75, 3.05) is 13.1 Å². The maximum absolute atomic E-state index is 13.5. The van der Waals surface area contributed by atoms with Gasteiger partial charge in [-0.05, 0) is 34.0 Å². The first kappa shape index (κ1) is 19.4. The Morgan fingerprint density at radius 1 is 0.931 bits per heavy atom. The number of hydrogen-bond donors (Lipinski definition) is 2. The minimum atomic E-state index is -4.49. The predicted octanol–water partition coefficient (Wildman–Crippen LogP) is 3.67. The Labute approximate surface area is 165 Å². The summed E-state index contributed by atoms with van der Waals surface area (Å²) in [4.78, 5) is 14.5. The zero-order valence-corrected chi connectivity index (χ0v) is 15.4. The lowest BCUT2D eigenvalue weighted by atomic mass is 9.92. The van der Waals surface area contributed by atoms with E-state index in [9.17, 15) is 23.1 Å². The number of β-amino-alcohol motifs (C(OH)–C–C–N with tert-alkyl or cyclic N) is 1. The quantitative estimate of drug-likeness (QED) is 0.690. The molecule has 0 spiro atoms. The van der Waals surface area contributed by atoms with E-state index < -0.39 is 23.9 Å². The van der Waals surface area contributed by atoms with Crippen molar-refractivity contribution in [3.63, 3.8) is 0 Å². The number of benzene rings is 3. The molecule has 1 aliphatic heterocycles. The average molecular weight is 400 g/mol. The minimum absolute atomic E-state index is 0.0637. The maximum Gasteiger partial charge on any atom is 0.417 e. The van der Waals surface area contributed by atoms with Gasteiger partial charge in [-0.25, -0.2) is 0 Å². The van der Waals surface area contributed by atoms with E-state index in [4.69, 9.17) is 5.73 Å². The van der Waals surface area contributed by atoms with Crippen molar-refractivity contribution < 1.29 is 23.1 Å². The Balaban J connectivity index is 1.85. The molecule has 2 atom stereocenters. The molecule has 1 fully saturated rings. The van der Waals surface area contributed by atoms with Gasteiger partial charge in [-0.2, -0.15) is 13.2 Å². The number of halogens is 3. The number of alkyl halides is 3. The molecule has 3 aromatic carbocycles. The van der Waals surface area contributed by atoms with Crippen LogP contribution in [0.25, 0.3) is 21.9 Å². The lowest BCUT2D eigenvalue weighted by Gasteiger charge is -2.19. The molecule has 3 N–H and O–H groups in total. The van der Waals surface area contributed by atoms with Crippen LogP contribution in [-0.4, -0.2) is 41.1 Å². The molecule has 4 rings (SSSR count). The topological polar surface area (TPSA) is 66.6 Å². The van der Waals surface area contributed by atoms with Crippen LogP contribution < -0.4 is 5.73 Å². The monoisotopic (exact) mass is 400 g/mol. The van der Waals surface area contributed by atoms with Crippen molar-refractivity contribution in [1.29, 1.82) is 0 Å². The molecule has 1 amide bonds. The van der Waals surface area contributed by atoms with E-state index >= 15 is 0 Å². The molecular weight excluding hydrogens is 381 g/mol. The van der Waals surface area contributed by atoms with Gasteiger partial charge in [0.25, 0.3) is 5.91 Å². The number of fused-ring (bicyclic) bond motifs is 1. The number of aliphatic hydroxyl groups excluding tert-OH is 1. The zero-order chi connectivity index (χ0) is 20.8.